The Hall–Kier alpha value is -0.850. The van der Waals surface area contributed by atoms with Crippen LogP contribution in [-0.2, 0) is 4.79 Å². The summed E-state index contributed by atoms with van der Waals surface area (Å²) < 4.78 is 47.1. The number of rotatable bonds is 4. The second kappa shape index (κ2) is 3.70. The first-order valence-corrected chi connectivity index (χ1v) is 2.81. The number of alkyl halides is 4. The molecule has 0 bridgehead atoms. The lowest BCUT2D eigenvalue weighted by molar-refractivity contribution is -0.191. The van der Waals surface area contributed by atoms with E-state index in [1.165, 1.54) is 0 Å². The Kier molecular flexibility index (Phi) is 3.44. The third-order valence-electron chi connectivity index (χ3n) is 1.29. The van der Waals surface area contributed by atoms with Crippen molar-refractivity contribution in [1.82, 2.24) is 0 Å². The zero-order chi connectivity index (χ0) is 9.94. The summed E-state index contributed by atoms with van der Waals surface area (Å²) >= 11 is 0. The molecule has 0 amide bonds. The minimum atomic E-state index is -3.95. The third-order valence-corrected chi connectivity index (χ3v) is 1.29. The summed E-state index contributed by atoms with van der Waals surface area (Å²) in [5, 5.41) is 16.4. The number of halogens is 4. The van der Waals surface area contributed by atoms with Gasteiger partial charge in [-0.05, 0) is 0 Å². The van der Waals surface area contributed by atoms with E-state index in [4.69, 9.17) is 10.2 Å². The van der Waals surface area contributed by atoms with E-state index in [2.05, 4.69) is 0 Å². The molecule has 2 unspecified atom stereocenters. The lowest BCUT2D eigenvalue weighted by Crippen LogP contribution is -2.54. The molecule has 0 rings (SSSR count). The molecule has 0 aliphatic carbocycles. The van der Waals surface area contributed by atoms with Crippen molar-refractivity contribution in [2.45, 2.75) is 18.2 Å². The Bertz CT molecular complexity index is 174. The highest BCUT2D eigenvalue weighted by molar-refractivity contribution is 5.78. The second-order valence-corrected chi connectivity index (χ2v) is 2.05. The number of carboxylic acids is 1. The molecule has 0 aliphatic heterocycles. The van der Waals surface area contributed by atoms with Crippen molar-refractivity contribution in [3.8, 4) is 0 Å². The molecule has 12 heavy (non-hydrogen) atoms. The average molecular weight is 190 g/mol. The number of aliphatic hydroxyl groups is 1. The van der Waals surface area contributed by atoms with Crippen molar-refractivity contribution >= 4 is 5.97 Å². The van der Waals surface area contributed by atoms with Gasteiger partial charge < -0.3 is 10.2 Å². The lowest BCUT2D eigenvalue weighted by Gasteiger charge is -2.23. The van der Waals surface area contributed by atoms with Gasteiger partial charge in [-0.2, -0.15) is 0 Å². The number of carboxylic acid groups (broad SMARTS) is 1. The van der Waals surface area contributed by atoms with Gasteiger partial charge in [0.15, 0.2) is 6.17 Å². The molecule has 0 heterocycles. The minimum absolute atomic E-state index is 1.98. The lowest BCUT2D eigenvalue weighted by atomic mass is 10.00. The third kappa shape index (κ3) is 1.66. The van der Waals surface area contributed by atoms with E-state index in [1.54, 1.807) is 0 Å². The van der Waals surface area contributed by atoms with Gasteiger partial charge in [-0.25, -0.2) is 22.4 Å². The monoisotopic (exact) mass is 190 g/mol. The zero-order valence-corrected chi connectivity index (χ0v) is 5.68. The predicted octanol–water partition coefficient (Wildman–Crippen LogP) is 0.375. The smallest absolute Gasteiger partial charge is 0.345 e. The maximum atomic E-state index is 12.2. The Morgan fingerprint density at radius 3 is 1.92 bits per heavy atom. The minimum Gasteiger partial charge on any atom is -0.479 e. The summed E-state index contributed by atoms with van der Waals surface area (Å²) in [7, 11) is 0. The quantitative estimate of drug-likeness (QED) is 0.630. The van der Waals surface area contributed by atoms with Crippen molar-refractivity contribution in [1.29, 1.82) is 0 Å². The molecule has 7 heteroatoms. The van der Waals surface area contributed by atoms with E-state index in [9.17, 15) is 22.4 Å². The van der Waals surface area contributed by atoms with Gasteiger partial charge in [-0.1, -0.05) is 0 Å². The number of carbonyl (C=O) groups is 1. The Morgan fingerprint density at radius 1 is 1.42 bits per heavy atom. The van der Waals surface area contributed by atoms with E-state index in [0.29, 0.717) is 0 Å². The van der Waals surface area contributed by atoms with Crippen LogP contribution >= 0.6 is 0 Å². The summed E-state index contributed by atoms with van der Waals surface area (Å²) in [5.41, 5.74) is -3.95. The van der Waals surface area contributed by atoms with Crippen molar-refractivity contribution < 1.29 is 32.6 Å². The molecule has 0 aromatic carbocycles. The van der Waals surface area contributed by atoms with Crippen molar-refractivity contribution in [2.75, 3.05) is 6.67 Å². The normalized spacial score (nSPS) is 18.8. The Labute approximate surface area is 64.6 Å². The van der Waals surface area contributed by atoms with E-state index in [0.717, 1.165) is 0 Å². The highest BCUT2D eigenvalue weighted by Gasteiger charge is 2.53. The van der Waals surface area contributed by atoms with E-state index >= 15 is 0 Å². The highest BCUT2D eigenvalue weighted by atomic mass is 19.3. The van der Waals surface area contributed by atoms with Crippen LogP contribution in [0.1, 0.15) is 0 Å². The summed E-state index contributed by atoms with van der Waals surface area (Å²) in [5.74, 6) is -2.48. The van der Waals surface area contributed by atoms with Crippen LogP contribution in [0.4, 0.5) is 17.6 Å². The van der Waals surface area contributed by atoms with Crippen molar-refractivity contribution in [2.24, 2.45) is 0 Å². The van der Waals surface area contributed by atoms with Gasteiger partial charge in [-0.3, -0.25) is 0 Å². The molecule has 0 aliphatic rings. The van der Waals surface area contributed by atoms with Crippen LogP contribution in [0.2, 0.25) is 0 Å². The molecule has 2 atom stereocenters. The Morgan fingerprint density at radius 2 is 1.83 bits per heavy atom. The average Bonchev–Trinajstić information content (AvgIpc) is 2.00. The van der Waals surface area contributed by atoms with E-state index < -0.39 is 30.8 Å². The van der Waals surface area contributed by atoms with Gasteiger partial charge in [0.1, 0.15) is 6.67 Å². The summed E-state index contributed by atoms with van der Waals surface area (Å²) in [4.78, 5) is 9.93. The fourth-order valence-corrected chi connectivity index (χ4v) is 0.482. The molecule has 0 saturated heterocycles. The summed E-state index contributed by atoms with van der Waals surface area (Å²) in [6, 6.07) is 0. The topological polar surface area (TPSA) is 57.5 Å². The van der Waals surface area contributed by atoms with Gasteiger partial charge in [0.05, 0.1) is 0 Å². The van der Waals surface area contributed by atoms with Gasteiger partial charge >= 0.3 is 5.97 Å². The maximum Gasteiger partial charge on any atom is 0.345 e. The van der Waals surface area contributed by atoms with Crippen LogP contribution < -0.4 is 0 Å². The van der Waals surface area contributed by atoms with Gasteiger partial charge in [0.25, 0.3) is 12.0 Å². The molecule has 2 N–H and O–H groups in total. The molecular formula is C5H6F4O3. The second-order valence-electron chi connectivity index (χ2n) is 2.05. The largest absolute Gasteiger partial charge is 0.479 e. The Balaban J connectivity index is 4.74. The van der Waals surface area contributed by atoms with Crippen LogP contribution in [0.15, 0.2) is 0 Å². The molecule has 0 aromatic rings. The molecular weight excluding hydrogens is 184 g/mol. The van der Waals surface area contributed by atoms with Crippen LogP contribution in [0.3, 0.4) is 0 Å². The highest BCUT2D eigenvalue weighted by Crippen LogP contribution is 2.23. The molecule has 0 spiro atoms. The van der Waals surface area contributed by atoms with Crippen LogP contribution in [0, 0.1) is 0 Å². The van der Waals surface area contributed by atoms with Crippen molar-refractivity contribution in [3.05, 3.63) is 0 Å². The standard InChI is InChI=1S/C5H6F4O3/c6-1-2(7)5(12,3(8)9)4(10)11/h2-3,12H,1H2,(H,10,11). The number of aliphatic carboxylic acids is 1. The van der Waals surface area contributed by atoms with Crippen LogP contribution in [0.25, 0.3) is 0 Å². The van der Waals surface area contributed by atoms with Gasteiger partial charge in [-0.15, -0.1) is 0 Å². The summed E-state index contributed by atoms with van der Waals surface area (Å²) in [6.07, 6.45) is -7.00. The molecule has 72 valence electrons. The molecule has 0 fully saturated rings. The number of hydrogen-bond acceptors (Lipinski definition) is 2. The molecule has 3 nitrogen and oxygen atoms in total. The molecule has 0 aromatic heterocycles. The predicted molar refractivity (Wildman–Crippen MR) is 29.5 cm³/mol. The fraction of sp³-hybridized carbons (Fsp3) is 0.800. The number of hydrogen-bond donors (Lipinski definition) is 2. The first-order chi connectivity index (χ1) is 5.37. The molecule has 0 saturated carbocycles. The maximum absolute atomic E-state index is 12.2. The van der Waals surface area contributed by atoms with E-state index in [1.807, 2.05) is 0 Å². The SMILES string of the molecule is O=C(O)C(O)(C(F)F)C(F)CF. The van der Waals surface area contributed by atoms with Crippen molar-refractivity contribution in [3.63, 3.8) is 0 Å². The first-order valence-electron chi connectivity index (χ1n) is 2.81. The molecule has 0 radical (unpaired) electrons. The van der Waals surface area contributed by atoms with Gasteiger partial charge in [0, 0.05) is 0 Å². The first kappa shape index (κ1) is 11.2. The zero-order valence-electron chi connectivity index (χ0n) is 5.68. The fourth-order valence-electron chi connectivity index (χ4n) is 0.482. The van der Waals surface area contributed by atoms with Gasteiger partial charge in [0.2, 0.25) is 0 Å². The van der Waals surface area contributed by atoms with Crippen LogP contribution in [0.5, 0.6) is 0 Å². The van der Waals surface area contributed by atoms with Crippen LogP contribution in [-0.4, -0.2) is 41.1 Å². The summed E-state index contributed by atoms with van der Waals surface area (Å²) in [6.45, 7) is -1.98. The van der Waals surface area contributed by atoms with E-state index in [-0.39, 0.29) is 0 Å².